The molecule has 38 heavy (non-hydrogen) atoms. The van der Waals surface area contributed by atoms with Gasteiger partial charge < -0.3 is 9.84 Å². The average Bonchev–Trinajstić information content (AvgIpc) is 2.86. The van der Waals surface area contributed by atoms with E-state index in [0.717, 1.165) is 39.1 Å². The van der Waals surface area contributed by atoms with Gasteiger partial charge in [0.05, 0.1) is 25.2 Å². The SMILES string of the molecule is Cc1ccc(Cn2c(=O)n(CCC(=O)O)c(=O)[nH]/c2=N\C2C=C(F)C(Oc3ccc(F)cn3)=C(F)C2)cc1. The summed E-state index contributed by atoms with van der Waals surface area (Å²) in [6.45, 7) is 1.45. The Morgan fingerprint density at radius 1 is 1.16 bits per heavy atom. The molecule has 0 radical (unpaired) electrons. The average molecular weight is 529 g/mol. The number of benzene rings is 1. The van der Waals surface area contributed by atoms with Crippen LogP contribution in [-0.2, 0) is 17.9 Å². The van der Waals surface area contributed by atoms with Gasteiger partial charge in [0, 0.05) is 19.0 Å². The Kier molecular flexibility index (Phi) is 7.74. The second-order valence-corrected chi connectivity index (χ2v) is 8.47. The fourth-order valence-corrected chi connectivity index (χ4v) is 3.66. The number of nitrogens with zero attached hydrogens (tertiary/aromatic N) is 4. The number of hydrogen-bond acceptors (Lipinski definition) is 6. The van der Waals surface area contributed by atoms with E-state index in [4.69, 9.17) is 9.84 Å². The van der Waals surface area contributed by atoms with Gasteiger partial charge in [0.2, 0.25) is 11.5 Å². The van der Waals surface area contributed by atoms with E-state index < -0.39 is 59.5 Å². The zero-order valence-electron chi connectivity index (χ0n) is 20.0. The lowest BCUT2D eigenvalue weighted by Gasteiger charge is -2.17. The van der Waals surface area contributed by atoms with Crippen molar-refractivity contribution in [2.45, 2.75) is 38.9 Å². The van der Waals surface area contributed by atoms with E-state index in [1.807, 2.05) is 19.1 Å². The number of halogens is 3. The van der Waals surface area contributed by atoms with Gasteiger partial charge in [0.15, 0.2) is 11.6 Å². The van der Waals surface area contributed by atoms with E-state index in [1.165, 1.54) is 0 Å². The van der Waals surface area contributed by atoms with Crippen LogP contribution in [0.3, 0.4) is 0 Å². The lowest BCUT2D eigenvalue weighted by Crippen LogP contribution is -2.50. The standard InChI is InChI=1S/C25H22F3N5O5/c1-14-2-4-15(5-3-14)13-33-23(31-24(36)32(25(33)37)9-8-21(34)35)30-17-10-18(27)22(19(28)11-17)38-20-7-6-16(26)12-29-20/h2-7,10,12,17H,8-9,11,13H2,1H3,(H,34,35)(H,30,31,36). The van der Waals surface area contributed by atoms with Gasteiger partial charge in [-0.1, -0.05) is 29.8 Å². The first-order chi connectivity index (χ1) is 18.1. The molecular formula is C25H22F3N5O5. The zero-order chi connectivity index (χ0) is 27.4. The Morgan fingerprint density at radius 3 is 2.53 bits per heavy atom. The van der Waals surface area contributed by atoms with E-state index in [1.54, 1.807) is 12.1 Å². The van der Waals surface area contributed by atoms with Crippen molar-refractivity contribution in [3.8, 4) is 5.88 Å². The zero-order valence-corrected chi connectivity index (χ0v) is 20.0. The molecule has 1 aromatic carbocycles. The minimum Gasteiger partial charge on any atom is -0.481 e. The molecule has 13 heteroatoms. The second kappa shape index (κ2) is 11.2. The van der Waals surface area contributed by atoms with Crippen molar-refractivity contribution in [1.82, 2.24) is 19.1 Å². The van der Waals surface area contributed by atoms with Crippen LogP contribution in [0, 0.1) is 12.7 Å². The molecule has 2 N–H and O–H groups in total. The predicted octanol–water partition coefficient (Wildman–Crippen LogP) is 2.49. The van der Waals surface area contributed by atoms with E-state index in [9.17, 15) is 27.6 Å². The van der Waals surface area contributed by atoms with Crippen LogP contribution in [-0.4, -0.2) is 36.2 Å². The molecule has 1 aliphatic carbocycles. The van der Waals surface area contributed by atoms with E-state index in [-0.39, 0.29) is 24.6 Å². The molecule has 1 unspecified atom stereocenters. The maximum atomic E-state index is 14.8. The number of rotatable bonds is 8. The van der Waals surface area contributed by atoms with Crippen molar-refractivity contribution in [3.63, 3.8) is 0 Å². The molecule has 0 saturated heterocycles. The van der Waals surface area contributed by atoms with Crippen molar-refractivity contribution in [3.05, 3.63) is 110 Å². The highest BCUT2D eigenvalue weighted by Gasteiger charge is 2.25. The van der Waals surface area contributed by atoms with Crippen LogP contribution in [0.1, 0.15) is 24.0 Å². The molecule has 0 spiro atoms. The summed E-state index contributed by atoms with van der Waals surface area (Å²) in [5.74, 6) is -4.92. The molecule has 0 saturated carbocycles. The third-order valence-electron chi connectivity index (χ3n) is 5.58. The molecule has 1 aliphatic rings. The molecule has 2 heterocycles. The highest BCUT2D eigenvalue weighted by atomic mass is 19.1. The first kappa shape index (κ1) is 26.4. The quantitative estimate of drug-likeness (QED) is 0.461. The molecule has 0 fully saturated rings. The Balaban J connectivity index is 1.72. The van der Waals surface area contributed by atoms with E-state index >= 15 is 0 Å². The number of aliphatic carboxylic acids is 1. The highest BCUT2D eigenvalue weighted by molar-refractivity contribution is 5.66. The fourth-order valence-electron chi connectivity index (χ4n) is 3.66. The van der Waals surface area contributed by atoms with Crippen LogP contribution < -0.4 is 21.7 Å². The predicted molar refractivity (Wildman–Crippen MR) is 128 cm³/mol. The molecule has 2 aromatic heterocycles. The minimum atomic E-state index is -1.20. The summed E-state index contributed by atoms with van der Waals surface area (Å²) >= 11 is 0. The summed E-state index contributed by atoms with van der Waals surface area (Å²) in [6, 6.07) is 8.12. The van der Waals surface area contributed by atoms with Crippen LogP contribution in [0.15, 0.2) is 80.7 Å². The van der Waals surface area contributed by atoms with Crippen molar-refractivity contribution in [2.75, 3.05) is 0 Å². The van der Waals surface area contributed by atoms with Gasteiger partial charge in [0.25, 0.3) is 0 Å². The summed E-state index contributed by atoms with van der Waals surface area (Å²) in [6.07, 6.45) is 0.853. The van der Waals surface area contributed by atoms with Crippen LogP contribution in [0.5, 0.6) is 5.88 Å². The summed E-state index contributed by atoms with van der Waals surface area (Å²) < 4.78 is 49.6. The number of carboxylic acids is 1. The van der Waals surface area contributed by atoms with Crippen molar-refractivity contribution < 1.29 is 27.8 Å². The van der Waals surface area contributed by atoms with Crippen molar-refractivity contribution >= 4 is 5.97 Å². The molecule has 10 nitrogen and oxygen atoms in total. The number of ether oxygens (including phenoxy) is 1. The molecule has 1 atom stereocenters. The van der Waals surface area contributed by atoms with Crippen LogP contribution in [0.25, 0.3) is 0 Å². The number of aromatic amines is 1. The summed E-state index contributed by atoms with van der Waals surface area (Å²) in [5, 5.41) is 8.97. The van der Waals surface area contributed by atoms with Gasteiger partial charge in [-0.3, -0.25) is 14.3 Å². The topological polar surface area (TPSA) is 132 Å². The van der Waals surface area contributed by atoms with Crippen LogP contribution in [0.4, 0.5) is 13.2 Å². The molecule has 0 aliphatic heterocycles. The third kappa shape index (κ3) is 6.17. The Morgan fingerprint density at radius 2 is 1.89 bits per heavy atom. The number of pyridine rings is 1. The number of carboxylic acid groups (broad SMARTS) is 1. The van der Waals surface area contributed by atoms with Gasteiger partial charge in [-0.15, -0.1) is 0 Å². The van der Waals surface area contributed by atoms with Crippen molar-refractivity contribution in [2.24, 2.45) is 4.99 Å². The number of aryl methyl sites for hydroxylation is 1. The van der Waals surface area contributed by atoms with Gasteiger partial charge in [-0.25, -0.2) is 37.3 Å². The Labute approximate surface area is 212 Å². The van der Waals surface area contributed by atoms with Crippen molar-refractivity contribution in [1.29, 1.82) is 0 Å². The van der Waals surface area contributed by atoms with Gasteiger partial charge >= 0.3 is 17.3 Å². The largest absolute Gasteiger partial charge is 0.481 e. The normalized spacial score (nSPS) is 15.9. The number of hydrogen-bond donors (Lipinski definition) is 2. The summed E-state index contributed by atoms with van der Waals surface area (Å²) in [5.41, 5.74) is -0.360. The van der Waals surface area contributed by atoms with E-state index in [2.05, 4.69) is 15.0 Å². The van der Waals surface area contributed by atoms with Gasteiger partial charge in [-0.05, 0) is 24.6 Å². The molecule has 0 bridgehead atoms. The highest BCUT2D eigenvalue weighted by Crippen LogP contribution is 2.30. The Bertz CT molecular complexity index is 1600. The number of H-pyrrole nitrogens is 1. The lowest BCUT2D eigenvalue weighted by atomic mass is 10.1. The third-order valence-corrected chi connectivity index (χ3v) is 5.58. The number of carbonyl (C=O) groups is 1. The minimum absolute atomic E-state index is 0.0520. The first-order valence-corrected chi connectivity index (χ1v) is 11.4. The number of allylic oxidation sites excluding steroid dienone is 1. The number of nitrogens with one attached hydrogen (secondary N) is 1. The molecule has 198 valence electrons. The maximum Gasteiger partial charge on any atom is 0.335 e. The number of aromatic nitrogens is 4. The summed E-state index contributed by atoms with van der Waals surface area (Å²) in [4.78, 5) is 47.0. The van der Waals surface area contributed by atoms with Gasteiger partial charge in [0.1, 0.15) is 11.6 Å². The van der Waals surface area contributed by atoms with E-state index in [0.29, 0.717) is 5.56 Å². The summed E-state index contributed by atoms with van der Waals surface area (Å²) in [7, 11) is 0. The molecule has 3 aromatic rings. The molecule has 4 rings (SSSR count). The molecular weight excluding hydrogens is 507 g/mol. The Hall–Kier alpha value is -4.68. The maximum absolute atomic E-state index is 14.8. The molecule has 0 amide bonds. The van der Waals surface area contributed by atoms with Gasteiger partial charge in [-0.2, -0.15) is 0 Å². The first-order valence-electron chi connectivity index (χ1n) is 11.4. The fraction of sp³-hybridized carbons (Fsp3) is 0.240. The monoisotopic (exact) mass is 529 g/mol. The lowest BCUT2D eigenvalue weighted by molar-refractivity contribution is -0.137. The smallest absolute Gasteiger partial charge is 0.335 e. The van der Waals surface area contributed by atoms with Crippen LogP contribution >= 0.6 is 0 Å². The second-order valence-electron chi connectivity index (χ2n) is 8.47. The van der Waals surface area contributed by atoms with Crippen LogP contribution in [0.2, 0.25) is 0 Å².